The fraction of sp³-hybridized carbons (Fsp3) is 0.579. The highest BCUT2D eigenvalue weighted by Crippen LogP contribution is 2.17. The lowest BCUT2D eigenvalue weighted by Gasteiger charge is -2.25. The SMILES string of the molecule is CN=C(NCCC(=O)N(C)Cc1ccccc1Br)N(C)CC1CCOC1.I. The molecule has 1 aromatic rings. The van der Waals surface area contributed by atoms with E-state index in [9.17, 15) is 4.79 Å². The average Bonchev–Trinajstić information content (AvgIpc) is 3.13. The van der Waals surface area contributed by atoms with E-state index in [1.54, 1.807) is 11.9 Å². The van der Waals surface area contributed by atoms with Crippen molar-refractivity contribution in [3.63, 3.8) is 0 Å². The van der Waals surface area contributed by atoms with Crippen LogP contribution < -0.4 is 5.32 Å². The average molecular weight is 553 g/mol. The van der Waals surface area contributed by atoms with Crippen molar-refractivity contribution in [3.05, 3.63) is 34.3 Å². The number of nitrogens with zero attached hydrogens (tertiary/aromatic N) is 3. The first kappa shape index (κ1) is 24.2. The molecule has 1 fully saturated rings. The summed E-state index contributed by atoms with van der Waals surface area (Å²) in [6.45, 7) is 3.74. The van der Waals surface area contributed by atoms with E-state index >= 15 is 0 Å². The highest BCUT2D eigenvalue weighted by atomic mass is 127. The van der Waals surface area contributed by atoms with Crippen LogP contribution >= 0.6 is 39.9 Å². The molecular weight excluding hydrogens is 523 g/mol. The maximum absolute atomic E-state index is 12.4. The van der Waals surface area contributed by atoms with Crippen molar-refractivity contribution < 1.29 is 9.53 Å². The third-order valence-corrected chi connectivity index (χ3v) is 5.32. The van der Waals surface area contributed by atoms with Crippen molar-refractivity contribution >= 4 is 51.8 Å². The van der Waals surface area contributed by atoms with Gasteiger partial charge in [-0.05, 0) is 18.1 Å². The maximum Gasteiger partial charge on any atom is 0.224 e. The number of rotatable bonds is 7. The topological polar surface area (TPSA) is 57.2 Å². The molecule has 1 aliphatic heterocycles. The Morgan fingerprint density at radius 1 is 1.33 bits per heavy atom. The molecular formula is C19H30BrIN4O2. The monoisotopic (exact) mass is 552 g/mol. The van der Waals surface area contributed by atoms with Gasteiger partial charge in [0.05, 0.1) is 6.61 Å². The summed E-state index contributed by atoms with van der Waals surface area (Å²) >= 11 is 3.53. The van der Waals surface area contributed by atoms with Crippen molar-refractivity contribution in [1.29, 1.82) is 0 Å². The smallest absolute Gasteiger partial charge is 0.224 e. The van der Waals surface area contributed by atoms with Crippen LogP contribution in [0.1, 0.15) is 18.4 Å². The van der Waals surface area contributed by atoms with Crippen LogP contribution in [0, 0.1) is 5.92 Å². The summed E-state index contributed by atoms with van der Waals surface area (Å²) in [6, 6.07) is 7.97. The Bertz CT molecular complexity index is 623. The van der Waals surface area contributed by atoms with E-state index in [1.807, 2.05) is 38.4 Å². The molecule has 6 nitrogen and oxygen atoms in total. The van der Waals surface area contributed by atoms with Crippen LogP contribution in [0.4, 0.5) is 0 Å². The van der Waals surface area contributed by atoms with E-state index < -0.39 is 0 Å². The number of halogens is 2. The molecule has 8 heteroatoms. The zero-order valence-corrected chi connectivity index (χ0v) is 20.2. The molecule has 0 radical (unpaired) electrons. The number of ether oxygens (including phenoxy) is 1. The van der Waals surface area contributed by atoms with E-state index in [0.29, 0.717) is 25.4 Å². The van der Waals surface area contributed by atoms with Gasteiger partial charge in [-0.15, -0.1) is 24.0 Å². The molecule has 0 aliphatic carbocycles. The Balaban J connectivity index is 0.00000364. The second-order valence-electron chi connectivity index (χ2n) is 6.68. The summed E-state index contributed by atoms with van der Waals surface area (Å²) in [5, 5.41) is 3.28. The lowest BCUT2D eigenvalue weighted by Crippen LogP contribution is -2.42. The molecule has 27 heavy (non-hydrogen) atoms. The number of guanidine groups is 1. The highest BCUT2D eigenvalue weighted by Gasteiger charge is 2.19. The van der Waals surface area contributed by atoms with Gasteiger partial charge in [0.15, 0.2) is 5.96 Å². The van der Waals surface area contributed by atoms with Crippen LogP contribution in [0.15, 0.2) is 33.7 Å². The van der Waals surface area contributed by atoms with Crippen LogP contribution in [0.2, 0.25) is 0 Å². The zero-order valence-electron chi connectivity index (χ0n) is 16.3. The Morgan fingerprint density at radius 3 is 2.70 bits per heavy atom. The maximum atomic E-state index is 12.4. The Morgan fingerprint density at radius 2 is 2.07 bits per heavy atom. The number of carbonyl (C=O) groups is 1. The number of benzene rings is 1. The van der Waals surface area contributed by atoms with Crippen LogP contribution in [0.5, 0.6) is 0 Å². The zero-order chi connectivity index (χ0) is 18.9. The molecule has 1 aliphatic rings. The Kier molecular flexibility index (Phi) is 11.2. The minimum Gasteiger partial charge on any atom is -0.381 e. The number of aliphatic imine (C=N–C) groups is 1. The lowest BCUT2D eigenvalue weighted by atomic mass is 10.1. The molecule has 1 unspecified atom stereocenters. The molecule has 0 bridgehead atoms. The molecule has 0 aromatic heterocycles. The standard InChI is InChI=1S/C19H29BrN4O2.HI/c1-21-19(24(3)12-15-9-11-26-14-15)22-10-8-18(25)23(2)13-16-6-4-5-7-17(16)20;/h4-7,15H,8-14H2,1-3H3,(H,21,22);1H. The molecule has 1 aromatic carbocycles. The van der Waals surface area contributed by atoms with Crippen molar-refractivity contribution in [1.82, 2.24) is 15.1 Å². The first-order chi connectivity index (χ1) is 12.5. The molecule has 152 valence electrons. The highest BCUT2D eigenvalue weighted by molar-refractivity contribution is 14.0. The molecule has 2 rings (SSSR count). The van der Waals surface area contributed by atoms with E-state index in [1.165, 1.54) is 0 Å². The van der Waals surface area contributed by atoms with Gasteiger partial charge >= 0.3 is 0 Å². The van der Waals surface area contributed by atoms with Gasteiger partial charge in [0.1, 0.15) is 0 Å². The molecule has 1 N–H and O–H groups in total. The van der Waals surface area contributed by atoms with Gasteiger partial charge in [-0.3, -0.25) is 9.79 Å². The van der Waals surface area contributed by atoms with Gasteiger partial charge in [-0.2, -0.15) is 0 Å². The van der Waals surface area contributed by atoms with Gasteiger partial charge < -0.3 is 19.9 Å². The Labute approximate surface area is 187 Å². The molecule has 0 spiro atoms. The largest absolute Gasteiger partial charge is 0.381 e. The second kappa shape index (κ2) is 12.6. The van der Waals surface area contributed by atoms with Crippen molar-refractivity contribution in [2.75, 3.05) is 47.4 Å². The summed E-state index contributed by atoms with van der Waals surface area (Å²) < 4.78 is 6.45. The van der Waals surface area contributed by atoms with Crippen LogP contribution in [0.3, 0.4) is 0 Å². The normalized spacial score (nSPS) is 16.6. The van der Waals surface area contributed by atoms with E-state index in [4.69, 9.17) is 4.74 Å². The molecule has 1 amide bonds. The lowest BCUT2D eigenvalue weighted by molar-refractivity contribution is -0.130. The van der Waals surface area contributed by atoms with Crippen LogP contribution in [-0.4, -0.2) is 69.1 Å². The number of carbonyl (C=O) groups excluding carboxylic acids is 1. The van der Waals surface area contributed by atoms with Crippen molar-refractivity contribution in [2.45, 2.75) is 19.4 Å². The Hall–Kier alpha value is -0.870. The van der Waals surface area contributed by atoms with Crippen LogP contribution in [-0.2, 0) is 16.1 Å². The van der Waals surface area contributed by atoms with E-state index in [0.717, 1.165) is 42.2 Å². The molecule has 1 heterocycles. The predicted molar refractivity (Wildman–Crippen MR) is 124 cm³/mol. The minimum absolute atomic E-state index is 0. The molecule has 0 saturated carbocycles. The quantitative estimate of drug-likeness (QED) is 0.321. The third kappa shape index (κ3) is 7.95. The van der Waals surface area contributed by atoms with Gasteiger partial charge in [-0.25, -0.2) is 0 Å². The first-order valence-corrected chi connectivity index (χ1v) is 9.77. The van der Waals surface area contributed by atoms with Gasteiger partial charge in [-0.1, -0.05) is 34.1 Å². The summed E-state index contributed by atoms with van der Waals surface area (Å²) in [5.74, 6) is 1.48. The number of hydrogen-bond acceptors (Lipinski definition) is 3. The third-order valence-electron chi connectivity index (χ3n) is 4.54. The number of hydrogen-bond donors (Lipinski definition) is 1. The van der Waals surface area contributed by atoms with Crippen molar-refractivity contribution in [2.24, 2.45) is 10.9 Å². The minimum atomic E-state index is 0. The van der Waals surface area contributed by atoms with Gasteiger partial charge in [0.25, 0.3) is 0 Å². The summed E-state index contributed by atoms with van der Waals surface area (Å²) in [7, 11) is 5.63. The second-order valence-corrected chi connectivity index (χ2v) is 7.53. The number of nitrogens with one attached hydrogen (secondary N) is 1. The van der Waals surface area contributed by atoms with E-state index in [-0.39, 0.29) is 29.9 Å². The summed E-state index contributed by atoms with van der Waals surface area (Å²) in [5.41, 5.74) is 1.10. The fourth-order valence-corrected chi connectivity index (χ4v) is 3.44. The van der Waals surface area contributed by atoms with Crippen molar-refractivity contribution in [3.8, 4) is 0 Å². The predicted octanol–water partition coefficient (Wildman–Crippen LogP) is 2.96. The summed E-state index contributed by atoms with van der Waals surface area (Å²) in [6.07, 6.45) is 1.53. The van der Waals surface area contributed by atoms with Crippen LogP contribution in [0.25, 0.3) is 0 Å². The summed E-state index contributed by atoms with van der Waals surface area (Å²) in [4.78, 5) is 20.5. The van der Waals surface area contributed by atoms with E-state index in [2.05, 4.69) is 31.1 Å². The van der Waals surface area contributed by atoms with Gasteiger partial charge in [0, 0.05) is 64.2 Å². The fourth-order valence-electron chi connectivity index (χ4n) is 3.03. The first-order valence-electron chi connectivity index (χ1n) is 8.98. The molecule has 1 saturated heterocycles. The molecule has 1 atom stereocenters. The van der Waals surface area contributed by atoms with Gasteiger partial charge in [0.2, 0.25) is 5.91 Å². The number of amides is 1.